The van der Waals surface area contributed by atoms with Crippen LogP contribution >= 0.6 is 0 Å². The molecule has 1 aliphatic rings. The molecule has 4 nitrogen and oxygen atoms in total. The van der Waals surface area contributed by atoms with Gasteiger partial charge in [-0.15, -0.1) is 0 Å². The molecular weight excluding hydrogens is 269 g/mol. The minimum atomic E-state index is -0.268. The number of hydrogen-bond donors (Lipinski definition) is 0. The van der Waals surface area contributed by atoms with Crippen LogP contribution in [0.25, 0.3) is 0 Å². The predicted molar refractivity (Wildman–Crippen MR) is 74.7 cm³/mol. The fourth-order valence-electron chi connectivity index (χ4n) is 2.88. The lowest BCUT2D eigenvalue weighted by molar-refractivity contribution is 0.233. The summed E-state index contributed by atoms with van der Waals surface area (Å²) >= 11 is 0. The number of halogens is 1. The monoisotopic (exact) mass is 285 g/mol. The molecule has 1 atom stereocenters. The van der Waals surface area contributed by atoms with Gasteiger partial charge in [-0.05, 0) is 44.5 Å². The second-order valence-electron chi connectivity index (χ2n) is 5.41. The van der Waals surface area contributed by atoms with Gasteiger partial charge in [0, 0.05) is 18.2 Å². The van der Waals surface area contributed by atoms with E-state index in [1.54, 1.807) is 6.07 Å². The quantitative estimate of drug-likeness (QED) is 0.868. The molecule has 1 saturated heterocycles. The normalized spacial score (nSPS) is 18.8. The standard InChI is InChI=1S/C16H16FN3O/c1-11-7-15(19-21-11)16-3-2-6-20(16)10-13-8-12(9-18)4-5-14(13)17/h4-5,7-8,16H,2-3,6,10H2,1H3. The zero-order valence-corrected chi connectivity index (χ0v) is 11.8. The van der Waals surface area contributed by atoms with Crippen molar-refractivity contribution >= 4 is 0 Å². The zero-order valence-electron chi connectivity index (χ0n) is 11.8. The van der Waals surface area contributed by atoms with E-state index in [0.29, 0.717) is 17.7 Å². The second-order valence-corrected chi connectivity index (χ2v) is 5.41. The summed E-state index contributed by atoms with van der Waals surface area (Å²) in [5.74, 6) is 0.519. The van der Waals surface area contributed by atoms with Crippen LogP contribution in [-0.4, -0.2) is 16.6 Å². The number of nitriles is 1. The predicted octanol–water partition coefficient (Wildman–Crippen LogP) is 3.33. The summed E-state index contributed by atoms with van der Waals surface area (Å²) in [5, 5.41) is 13.0. The lowest BCUT2D eigenvalue weighted by Gasteiger charge is -2.22. The van der Waals surface area contributed by atoms with Gasteiger partial charge in [0.25, 0.3) is 0 Å². The van der Waals surface area contributed by atoms with E-state index < -0.39 is 0 Å². The van der Waals surface area contributed by atoms with Crippen LogP contribution < -0.4 is 0 Å². The topological polar surface area (TPSA) is 53.1 Å². The van der Waals surface area contributed by atoms with Gasteiger partial charge in [0.05, 0.1) is 17.7 Å². The smallest absolute Gasteiger partial charge is 0.133 e. The lowest BCUT2D eigenvalue weighted by Crippen LogP contribution is -2.23. The van der Waals surface area contributed by atoms with Gasteiger partial charge in [-0.25, -0.2) is 4.39 Å². The van der Waals surface area contributed by atoms with E-state index in [1.165, 1.54) is 12.1 Å². The number of rotatable bonds is 3. The maximum atomic E-state index is 13.9. The lowest BCUT2D eigenvalue weighted by atomic mass is 10.1. The van der Waals surface area contributed by atoms with E-state index in [1.807, 2.05) is 13.0 Å². The summed E-state index contributed by atoms with van der Waals surface area (Å²) in [4.78, 5) is 2.19. The van der Waals surface area contributed by atoms with Crippen LogP contribution in [0.1, 0.15) is 41.5 Å². The van der Waals surface area contributed by atoms with Gasteiger partial charge in [0.1, 0.15) is 17.3 Å². The van der Waals surface area contributed by atoms with E-state index >= 15 is 0 Å². The fourth-order valence-corrected chi connectivity index (χ4v) is 2.88. The van der Waals surface area contributed by atoms with Crippen LogP contribution in [0.15, 0.2) is 28.8 Å². The van der Waals surface area contributed by atoms with E-state index in [9.17, 15) is 4.39 Å². The van der Waals surface area contributed by atoms with E-state index in [4.69, 9.17) is 9.78 Å². The van der Waals surface area contributed by atoms with Gasteiger partial charge in [-0.1, -0.05) is 5.16 Å². The Labute approximate surface area is 122 Å². The van der Waals surface area contributed by atoms with Crippen molar-refractivity contribution in [2.75, 3.05) is 6.54 Å². The van der Waals surface area contributed by atoms with E-state index in [0.717, 1.165) is 30.8 Å². The molecule has 0 amide bonds. The highest BCUT2D eigenvalue weighted by atomic mass is 19.1. The highest BCUT2D eigenvalue weighted by molar-refractivity contribution is 5.33. The summed E-state index contributed by atoms with van der Waals surface area (Å²) in [5.41, 5.74) is 1.95. The third kappa shape index (κ3) is 2.81. The van der Waals surface area contributed by atoms with Crippen LogP contribution in [0, 0.1) is 24.1 Å². The molecule has 5 heteroatoms. The van der Waals surface area contributed by atoms with Gasteiger partial charge in [-0.3, -0.25) is 4.90 Å². The van der Waals surface area contributed by atoms with Crippen LogP contribution in [0.5, 0.6) is 0 Å². The molecule has 1 aromatic carbocycles. The van der Waals surface area contributed by atoms with Gasteiger partial charge in [0.2, 0.25) is 0 Å². The van der Waals surface area contributed by atoms with Crippen LogP contribution in [0.2, 0.25) is 0 Å². The van der Waals surface area contributed by atoms with Crippen LogP contribution in [-0.2, 0) is 6.54 Å². The molecule has 1 aromatic heterocycles. The molecule has 0 bridgehead atoms. The Morgan fingerprint density at radius 3 is 3.05 bits per heavy atom. The maximum Gasteiger partial charge on any atom is 0.133 e. The van der Waals surface area contributed by atoms with Crippen molar-refractivity contribution in [3.63, 3.8) is 0 Å². The number of aromatic nitrogens is 1. The summed E-state index contributed by atoms with van der Waals surface area (Å²) in [6.45, 7) is 3.25. The number of nitrogens with zero attached hydrogens (tertiary/aromatic N) is 3. The van der Waals surface area contributed by atoms with Crippen molar-refractivity contribution in [1.82, 2.24) is 10.1 Å². The number of benzene rings is 1. The average Bonchev–Trinajstić information content (AvgIpc) is 3.10. The molecular formula is C16H16FN3O. The maximum absolute atomic E-state index is 13.9. The Hall–Kier alpha value is -2.19. The van der Waals surface area contributed by atoms with Crippen molar-refractivity contribution in [3.05, 3.63) is 52.7 Å². The third-order valence-electron chi connectivity index (χ3n) is 3.90. The Bertz CT molecular complexity index is 689. The average molecular weight is 285 g/mol. The molecule has 1 unspecified atom stereocenters. The first-order chi connectivity index (χ1) is 10.2. The second kappa shape index (κ2) is 5.66. The van der Waals surface area contributed by atoms with E-state index in [-0.39, 0.29) is 11.9 Å². The Morgan fingerprint density at radius 2 is 2.33 bits per heavy atom. The first-order valence-corrected chi connectivity index (χ1v) is 7.03. The molecule has 3 rings (SSSR count). The minimum absolute atomic E-state index is 0.160. The van der Waals surface area contributed by atoms with Gasteiger partial charge >= 0.3 is 0 Å². The Kier molecular flexibility index (Phi) is 3.72. The molecule has 108 valence electrons. The summed E-state index contributed by atoms with van der Waals surface area (Å²) in [6, 6.07) is 8.63. The Balaban J connectivity index is 1.82. The van der Waals surface area contributed by atoms with E-state index in [2.05, 4.69) is 16.1 Å². The highest BCUT2D eigenvalue weighted by Crippen LogP contribution is 2.33. The summed E-state index contributed by atoms with van der Waals surface area (Å²) in [7, 11) is 0. The van der Waals surface area contributed by atoms with Gasteiger partial charge < -0.3 is 4.52 Å². The number of hydrogen-bond acceptors (Lipinski definition) is 4. The van der Waals surface area contributed by atoms with Crippen molar-refractivity contribution in [1.29, 1.82) is 5.26 Å². The zero-order chi connectivity index (χ0) is 14.8. The van der Waals surface area contributed by atoms with Crippen LogP contribution in [0.4, 0.5) is 4.39 Å². The molecule has 0 aliphatic carbocycles. The molecule has 1 aliphatic heterocycles. The van der Waals surface area contributed by atoms with Crippen molar-refractivity contribution in [3.8, 4) is 6.07 Å². The molecule has 0 N–H and O–H groups in total. The van der Waals surface area contributed by atoms with Gasteiger partial charge in [-0.2, -0.15) is 5.26 Å². The molecule has 1 fully saturated rings. The summed E-state index contributed by atoms with van der Waals surface area (Å²) < 4.78 is 19.1. The minimum Gasteiger partial charge on any atom is -0.361 e. The largest absolute Gasteiger partial charge is 0.361 e. The van der Waals surface area contributed by atoms with Crippen molar-refractivity contribution in [2.45, 2.75) is 32.4 Å². The van der Waals surface area contributed by atoms with Crippen molar-refractivity contribution < 1.29 is 8.91 Å². The van der Waals surface area contributed by atoms with Crippen molar-refractivity contribution in [2.24, 2.45) is 0 Å². The molecule has 0 spiro atoms. The first kappa shape index (κ1) is 13.8. The molecule has 0 radical (unpaired) electrons. The molecule has 21 heavy (non-hydrogen) atoms. The molecule has 2 heterocycles. The third-order valence-corrected chi connectivity index (χ3v) is 3.90. The Morgan fingerprint density at radius 1 is 1.48 bits per heavy atom. The highest BCUT2D eigenvalue weighted by Gasteiger charge is 2.29. The number of aryl methyl sites for hydroxylation is 1. The van der Waals surface area contributed by atoms with Crippen LogP contribution in [0.3, 0.4) is 0 Å². The SMILES string of the molecule is Cc1cc(C2CCCN2Cc2cc(C#N)ccc2F)no1. The van der Waals surface area contributed by atoms with Gasteiger partial charge in [0.15, 0.2) is 0 Å². The first-order valence-electron chi connectivity index (χ1n) is 7.03. The number of likely N-dealkylation sites (tertiary alicyclic amines) is 1. The summed E-state index contributed by atoms with van der Waals surface area (Å²) in [6.07, 6.45) is 2.04. The molecule has 2 aromatic rings. The fraction of sp³-hybridized carbons (Fsp3) is 0.375. The molecule has 0 saturated carbocycles.